The fraction of sp³-hybridized carbons (Fsp3) is 0.400. The monoisotopic (exact) mass is 353 g/mol. The van der Waals surface area contributed by atoms with Crippen molar-refractivity contribution in [1.82, 2.24) is 14.7 Å². The van der Waals surface area contributed by atoms with Crippen LogP contribution in [0.25, 0.3) is 0 Å². The van der Waals surface area contributed by atoms with E-state index in [0.29, 0.717) is 15.8 Å². The first-order chi connectivity index (χ1) is 11.0. The number of piperidine rings is 1. The maximum Gasteiger partial charge on any atom is 0.325 e. The molecule has 2 aromatic heterocycles. The molecule has 0 radical (unpaired) electrons. The van der Waals surface area contributed by atoms with Crippen molar-refractivity contribution in [1.29, 1.82) is 0 Å². The normalized spacial score (nSPS) is 18.1. The Hall–Kier alpha value is -1.86. The highest BCUT2D eigenvalue weighted by atomic mass is 35.5. The number of aromatic nitrogens is 2. The molecule has 1 aliphatic rings. The number of nitrogens with zero attached hydrogens (tertiary/aromatic N) is 3. The molecule has 6 nitrogen and oxygen atoms in total. The largest absolute Gasteiger partial charge is 0.480 e. The van der Waals surface area contributed by atoms with Gasteiger partial charge in [-0.15, -0.1) is 11.3 Å². The Kier molecular flexibility index (Phi) is 4.68. The molecule has 0 spiro atoms. The van der Waals surface area contributed by atoms with Crippen LogP contribution in [0.2, 0.25) is 4.34 Å². The number of carboxylic acid groups (broad SMARTS) is 1. The summed E-state index contributed by atoms with van der Waals surface area (Å²) in [6.45, 7) is 1.17. The Morgan fingerprint density at radius 1 is 1.39 bits per heavy atom. The van der Waals surface area contributed by atoms with E-state index in [2.05, 4.69) is 5.10 Å². The lowest BCUT2D eigenvalue weighted by Gasteiger charge is -2.31. The number of carboxylic acids is 1. The SMILES string of the molecule is O=C(O)Cn1ccc([C@H]2CCCN(C(=O)c3ccc(Cl)s3)C2)n1. The second-order valence-electron chi connectivity index (χ2n) is 5.53. The molecule has 2 aromatic rings. The molecule has 0 saturated carbocycles. The summed E-state index contributed by atoms with van der Waals surface area (Å²) in [7, 11) is 0. The smallest absolute Gasteiger partial charge is 0.325 e. The number of thiophene rings is 1. The Balaban J connectivity index is 1.69. The zero-order valence-corrected chi connectivity index (χ0v) is 13.9. The molecule has 122 valence electrons. The molecule has 0 aliphatic carbocycles. The molecule has 3 heterocycles. The van der Waals surface area contributed by atoms with Crippen molar-refractivity contribution < 1.29 is 14.7 Å². The van der Waals surface area contributed by atoms with Gasteiger partial charge in [0.1, 0.15) is 6.54 Å². The molecule has 0 bridgehead atoms. The number of likely N-dealkylation sites (tertiary alicyclic amines) is 1. The van der Waals surface area contributed by atoms with E-state index in [9.17, 15) is 9.59 Å². The van der Waals surface area contributed by atoms with E-state index in [1.807, 2.05) is 11.0 Å². The lowest BCUT2D eigenvalue weighted by molar-refractivity contribution is -0.137. The number of rotatable bonds is 4. The van der Waals surface area contributed by atoms with E-state index in [-0.39, 0.29) is 18.4 Å². The third-order valence-electron chi connectivity index (χ3n) is 3.87. The average molecular weight is 354 g/mol. The minimum Gasteiger partial charge on any atom is -0.480 e. The van der Waals surface area contributed by atoms with Gasteiger partial charge in [0.25, 0.3) is 5.91 Å². The summed E-state index contributed by atoms with van der Waals surface area (Å²) < 4.78 is 2.02. The highest BCUT2D eigenvalue weighted by Crippen LogP contribution is 2.29. The van der Waals surface area contributed by atoms with Gasteiger partial charge in [0.15, 0.2) is 0 Å². The maximum absolute atomic E-state index is 12.5. The highest BCUT2D eigenvalue weighted by Gasteiger charge is 2.27. The molecule has 23 heavy (non-hydrogen) atoms. The minimum atomic E-state index is -0.922. The molecule has 0 aromatic carbocycles. The summed E-state index contributed by atoms with van der Waals surface area (Å²) in [4.78, 5) is 25.7. The van der Waals surface area contributed by atoms with Crippen molar-refractivity contribution >= 4 is 34.8 Å². The van der Waals surface area contributed by atoms with Gasteiger partial charge in [-0.1, -0.05) is 11.6 Å². The topological polar surface area (TPSA) is 75.4 Å². The van der Waals surface area contributed by atoms with Crippen molar-refractivity contribution in [3.8, 4) is 0 Å². The number of hydrogen-bond acceptors (Lipinski definition) is 4. The maximum atomic E-state index is 12.5. The fourth-order valence-electron chi connectivity index (χ4n) is 2.81. The Morgan fingerprint density at radius 3 is 2.91 bits per heavy atom. The fourth-order valence-corrected chi connectivity index (χ4v) is 3.82. The lowest BCUT2D eigenvalue weighted by atomic mass is 9.95. The molecule has 1 amide bonds. The van der Waals surface area contributed by atoms with Gasteiger partial charge >= 0.3 is 5.97 Å². The predicted octanol–water partition coefficient (Wildman–Crippen LogP) is 2.70. The summed E-state index contributed by atoms with van der Waals surface area (Å²) in [5.74, 6) is -0.788. The standard InChI is InChI=1S/C15H16ClN3O3S/c16-13-4-3-12(23-13)15(22)18-6-1-2-10(8-18)11-5-7-19(17-11)9-14(20)21/h3-5,7,10H,1-2,6,8-9H2,(H,20,21)/t10-/m0/s1. The van der Waals surface area contributed by atoms with Crippen LogP contribution < -0.4 is 0 Å². The van der Waals surface area contributed by atoms with E-state index >= 15 is 0 Å². The van der Waals surface area contributed by atoms with Crippen molar-refractivity contribution in [2.45, 2.75) is 25.3 Å². The number of carbonyl (C=O) groups is 2. The van der Waals surface area contributed by atoms with Crippen LogP contribution in [0.5, 0.6) is 0 Å². The highest BCUT2D eigenvalue weighted by molar-refractivity contribution is 7.17. The van der Waals surface area contributed by atoms with Gasteiger partial charge in [0, 0.05) is 25.2 Å². The van der Waals surface area contributed by atoms with Gasteiger partial charge in [-0.05, 0) is 31.0 Å². The first-order valence-electron chi connectivity index (χ1n) is 7.32. The van der Waals surface area contributed by atoms with Crippen molar-refractivity contribution in [3.05, 3.63) is 39.3 Å². The van der Waals surface area contributed by atoms with E-state index in [1.165, 1.54) is 16.0 Å². The third-order valence-corrected chi connectivity index (χ3v) is 5.09. The molecule has 3 rings (SSSR count). The van der Waals surface area contributed by atoms with Gasteiger partial charge in [-0.2, -0.15) is 5.10 Å². The Labute approximate surface area is 142 Å². The van der Waals surface area contributed by atoms with Crippen LogP contribution in [-0.4, -0.2) is 44.8 Å². The second-order valence-corrected chi connectivity index (χ2v) is 7.24. The Bertz CT molecular complexity index is 727. The van der Waals surface area contributed by atoms with Crippen LogP contribution in [0.4, 0.5) is 0 Å². The minimum absolute atomic E-state index is 0.00318. The molecular formula is C15H16ClN3O3S. The lowest BCUT2D eigenvalue weighted by Crippen LogP contribution is -2.38. The summed E-state index contributed by atoms with van der Waals surface area (Å²) in [5, 5.41) is 13.1. The van der Waals surface area contributed by atoms with Crippen LogP contribution in [-0.2, 0) is 11.3 Å². The van der Waals surface area contributed by atoms with Gasteiger partial charge < -0.3 is 10.0 Å². The zero-order chi connectivity index (χ0) is 16.4. The molecule has 1 atom stereocenters. The van der Waals surface area contributed by atoms with Crippen molar-refractivity contribution in [2.24, 2.45) is 0 Å². The summed E-state index contributed by atoms with van der Waals surface area (Å²) in [5.41, 5.74) is 0.841. The van der Waals surface area contributed by atoms with Gasteiger partial charge in [0.05, 0.1) is 14.9 Å². The number of aliphatic carboxylic acids is 1. The molecule has 0 unspecified atom stereocenters. The number of halogens is 1. The first kappa shape index (κ1) is 16.0. The zero-order valence-electron chi connectivity index (χ0n) is 12.3. The number of hydrogen-bond donors (Lipinski definition) is 1. The predicted molar refractivity (Wildman–Crippen MR) is 87.1 cm³/mol. The van der Waals surface area contributed by atoms with E-state index in [0.717, 1.165) is 25.1 Å². The van der Waals surface area contributed by atoms with E-state index in [1.54, 1.807) is 18.3 Å². The Morgan fingerprint density at radius 2 is 2.22 bits per heavy atom. The quantitative estimate of drug-likeness (QED) is 0.917. The first-order valence-corrected chi connectivity index (χ1v) is 8.52. The van der Waals surface area contributed by atoms with Crippen molar-refractivity contribution in [3.63, 3.8) is 0 Å². The van der Waals surface area contributed by atoms with Crippen LogP contribution >= 0.6 is 22.9 Å². The second kappa shape index (κ2) is 6.72. The summed E-state index contributed by atoms with van der Waals surface area (Å²) in [6, 6.07) is 5.32. The van der Waals surface area contributed by atoms with Gasteiger partial charge in [0.2, 0.25) is 0 Å². The molecular weight excluding hydrogens is 338 g/mol. The molecule has 8 heteroatoms. The molecule has 1 N–H and O–H groups in total. The number of amides is 1. The van der Waals surface area contributed by atoms with Gasteiger partial charge in [-0.3, -0.25) is 14.3 Å². The number of carbonyl (C=O) groups excluding carboxylic acids is 1. The van der Waals surface area contributed by atoms with Crippen LogP contribution in [0.15, 0.2) is 24.4 Å². The summed E-state index contributed by atoms with van der Waals surface area (Å²) in [6.07, 6.45) is 3.52. The van der Waals surface area contributed by atoms with E-state index in [4.69, 9.17) is 16.7 Å². The van der Waals surface area contributed by atoms with Crippen LogP contribution in [0, 0.1) is 0 Å². The summed E-state index contributed by atoms with van der Waals surface area (Å²) >= 11 is 7.19. The molecule has 1 saturated heterocycles. The van der Waals surface area contributed by atoms with Crippen LogP contribution in [0.3, 0.4) is 0 Å². The average Bonchev–Trinajstić information content (AvgIpc) is 3.15. The van der Waals surface area contributed by atoms with Crippen LogP contribution in [0.1, 0.15) is 34.1 Å². The van der Waals surface area contributed by atoms with Crippen molar-refractivity contribution in [2.75, 3.05) is 13.1 Å². The molecule has 1 aliphatic heterocycles. The van der Waals surface area contributed by atoms with E-state index < -0.39 is 5.97 Å². The third kappa shape index (κ3) is 3.73. The van der Waals surface area contributed by atoms with Gasteiger partial charge in [-0.25, -0.2) is 0 Å². The molecule has 1 fully saturated rings.